The molecular weight excluding hydrogens is 360 g/mol. The van der Waals surface area contributed by atoms with Crippen LogP contribution < -0.4 is 10.1 Å². The normalized spacial score (nSPS) is 11.6. The van der Waals surface area contributed by atoms with E-state index >= 15 is 0 Å². The minimum Gasteiger partial charge on any atom is -0.497 e. The molecule has 0 saturated heterocycles. The molecule has 2 aromatic carbocycles. The van der Waals surface area contributed by atoms with Gasteiger partial charge in [0.05, 0.1) is 12.4 Å². The highest BCUT2D eigenvalue weighted by Crippen LogP contribution is 2.26. The van der Waals surface area contributed by atoms with E-state index < -0.39 is 0 Å². The second-order valence-electron chi connectivity index (χ2n) is 5.98. The number of hydrogen-bond acceptors (Lipinski definition) is 4. The summed E-state index contributed by atoms with van der Waals surface area (Å²) >= 11 is 1.48. The van der Waals surface area contributed by atoms with Gasteiger partial charge in [0, 0.05) is 29.2 Å². The molecule has 0 fully saturated rings. The topological polar surface area (TPSA) is 58.6 Å². The largest absolute Gasteiger partial charge is 0.497 e. The highest BCUT2D eigenvalue weighted by molar-refractivity contribution is 8.00. The van der Waals surface area contributed by atoms with Crippen molar-refractivity contribution in [3.63, 3.8) is 0 Å². The van der Waals surface area contributed by atoms with Crippen molar-refractivity contribution < 1.29 is 14.3 Å². The Labute approximate surface area is 165 Å². The first-order chi connectivity index (χ1) is 13.0. The Morgan fingerprint density at radius 1 is 1.04 bits per heavy atom. The van der Waals surface area contributed by atoms with Gasteiger partial charge >= 0.3 is 0 Å². The molecule has 6 heteroatoms. The Balaban J connectivity index is 1.95. The number of amides is 2. The third kappa shape index (κ3) is 5.76. The molecule has 2 aromatic rings. The molecule has 27 heavy (non-hydrogen) atoms. The van der Waals surface area contributed by atoms with Gasteiger partial charge in [-0.05, 0) is 69.3 Å². The van der Waals surface area contributed by atoms with E-state index in [-0.39, 0.29) is 17.1 Å². The van der Waals surface area contributed by atoms with Crippen LogP contribution in [0, 0.1) is 0 Å². The summed E-state index contributed by atoms with van der Waals surface area (Å²) in [5, 5.41) is 2.64. The summed E-state index contributed by atoms with van der Waals surface area (Å²) in [6.07, 6.45) is 0. The van der Waals surface area contributed by atoms with Crippen LogP contribution in [-0.4, -0.2) is 42.2 Å². The minimum atomic E-state index is -0.254. The fourth-order valence-corrected chi connectivity index (χ4v) is 3.41. The number of hydrogen-bond donors (Lipinski definition) is 1. The number of carbonyl (C=O) groups excluding carboxylic acids is 2. The first-order valence-electron chi connectivity index (χ1n) is 8.99. The summed E-state index contributed by atoms with van der Waals surface area (Å²) in [6, 6.07) is 14.6. The molecule has 0 saturated carbocycles. The lowest BCUT2D eigenvalue weighted by Crippen LogP contribution is -2.30. The third-order valence-corrected chi connectivity index (χ3v) is 5.30. The molecule has 0 aliphatic heterocycles. The van der Waals surface area contributed by atoms with E-state index in [9.17, 15) is 9.59 Å². The molecule has 2 amide bonds. The van der Waals surface area contributed by atoms with Gasteiger partial charge in [-0.25, -0.2) is 0 Å². The zero-order valence-electron chi connectivity index (χ0n) is 16.2. The van der Waals surface area contributed by atoms with Crippen LogP contribution in [0.25, 0.3) is 0 Å². The van der Waals surface area contributed by atoms with Crippen LogP contribution in [0.2, 0.25) is 0 Å². The molecule has 1 unspecified atom stereocenters. The number of benzene rings is 2. The molecule has 0 bridgehead atoms. The summed E-state index contributed by atoms with van der Waals surface area (Å²) in [5.74, 6) is 0.704. The Morgan fingerprint density at radius 3 is 2.15 bits per heavy atom. The van der Waals surface area contributed by atoms with Crippen LogP contribution in [0.5, 0.6) is 5.75 Å². The Kier molecular flexibility index (Phi) is 7.73. The predicted molar refractivity (Wildman–Crippen MR) is 111 cm³/mol. The maximum Gasteiger partial charge on any atom is 0.253 e. The third-order valence-electron chi connectivity index (χ3n) is 4.19. The fourth-order valence-electron chi connectivity index (χ4n) is 2.55. The number of anilines is 1. The maximum absolute atomic E-state index is 12.4. The second kappa shape index (κ2) is 10.0. The van der Waals surface area contributed by atoms with Gasteiger partial charge < -0.3 is 15.0 Å². The van der Waals surface area contributed by atoms with Gasteiger partial charge in [-0.2, -0.15) is 0 Å². The van der Waals surface area contributed by atoms with Gasteiger partial charge in [0.25, 0.3) is 5.91 Å². The van der Waals surface area contributed by atoms with Crippen molar-refractivity contribution in [1.82, 2.24) is 4.90 Å². The van der Waals surface area contributed by atoms with Gasteiger partial charge in [-0.15, -0.1) is 11.8 Å². The molecule has 144 valence electrons. The van der Waals surface area contributed by atoms with E-state index in [1.165, 1.54) is 11.8 Å². The smallest absolute Gasteiger partial charge is 0.253 e. The lowest BCUT2D eigenvalue weighted by molar-refractivity contribution is -0.115. The first-order valence-corrected chi connectivity index (χ1v) is 9.87. The molecule has 0 heterocycles. The number of methoxy groups -OCH3 is 1. The van der Waals surface area contributed by atoms with Crippen molar-refractivity contribution in [2.45, 2.75) is 30.9 Å². The molecular formula is C21H26N2O3S. The van der Waals surface area contributed by atoms with E-state index in [4.69, 9.17) is 4.74 Å². The van der Waals surface area contributed by atoms with Crippen LogP contribution in [0.3, 0.4) is 0 Å². The second-order valence-corrected chi connectivity index (χ2v) is 7.39. The van der Waals surface area contributed by atoms with Crippen LogP contribution in [-0.2, 0) is 4.79 Å². The number of carbonyl (C=O) groups is 2. The molecule has 5 nitrogen and oxygen atoms in total. The summed E-state index contributed by atoms with van der Waals surface area (Å²) < 4.78 is 5.14. The Hall–Kier alpha value is -2.47. The number of nitrogens with zero attached hydrogens (tertiary/aromatic N) is 1. The van der Waals surface area contributed by atoms with Crippen LogP contribution in [0.1, 0.15) is 31.1 Å². The minimum absolute atomic E-state index is 0.00121. The predicted octanol–water partition coefficient (Wildman–Crippen LogP) is 4.30. The van der Waals surface area contributed by atoms with Gasteiger partial charge in [0.2, 0.25) is 5.91 Å². The van der Waals surface area contributed by atoms with Crippen molar-refractivity contribution in [1.29, 1.82) is 0 Å². The summed E-state index contributed by atoms with van der Waals surface area (Å²) in [7, 11) is 1.62. The SMILES string of the molecule is CCN(CC)C(=O)c1ccc(NC(=O)C(C)Sc2ccc(OC)cc2)cc1. The molecule has 0 aromatic heterocycles. The highest BCUT2D eigenvalue weighted by Gasteiger charge is 2.16. The van der Waals surface area contributed by atoms with Crippen LogP contribution in [0.4, 0.5) is 5.69 Å². The summed E-state index contributed by atoms with van der Waals surface area (Å²) in [4.78, 5) is 27.5. The molecule has 0 aliphatic carbocycles. The molecule has 0 aliphatic rings. The Bertz CT molecular complexity index is 756. The van der Waals surface area contributed by atoms with Crippen molar-refractivity contribution in [3.8, 4) is 5.75 Å². The van der Waals surface area contributed by atoms with Crippen molar-refractivity contribution in [3.05, 3.63) is 54.1 Å². The highest BCUT2D eigenvalue weighted by atomic mass is 32.2. The van der Waals surface area contributed by atoms with Crippen molar-refractivity contribution >= 4 is 29.3 Å². The van der Waals surface area contributed by atoms with E-state index in [2.05, 4.69) is 5.32 Å². The Morgan fingerprint density at radius 2 is 1.63 bits per heavy atom. The number of rotatable bonds is 8. The van der Waals surface area contributed by atoms with Crippen molar-refractivity contribution in [2.24, 2.45) is 0 Å². The van der Waals surface area contributed by atoms with Gasteiger partial charge in [-0.3, -0.25) is 9.59 Å². The average Bonchev–Trinajstić information content (AvgIpc) is 2.70. The lowest BCUT2D eigenvalue weighted by atomic mass is 10.1. The standard InChI is InChI=1S/C21H26N2O3S/c1-5-23(6-2)21(25)16-7-9-17(10-8-16)22-20(24)15(3)27-19-13-11-18(26-4)12-14-19/h7-15H,5-6H2,1-4H3,(H,22,24). The zero-order chi connectivity index (χ0) is 19.8. The average molecular weight is 387 g/mol. The number of ether oxygens (including phenoxy) is 1. The van der Waals surface area contributed by atoms with Crippen LogP contribution in [0.15, 0.2) is 53.4 Å². The lowest BCUT2D eigenvalue weighted by Gasteiger charge is -2.18. The van der Waals surface area contributed by atoms with E-state index in [0.29, 0.717) is 24.3 Å². The molecule has 1 atom stereocenters. The quantitative estimate of drug-likeness (QED) is 0.688. The molecule has 2 rings (SSSR count). The van der Waals surface area contributed by atoms with Gasteiger partial charge in [0.1, 0.15) is 5.75 Å². The fraction of sp³-hybridized carbons (Fsp3) is 0.333. The van der Waals surface area contributed by atoms with E-state index in [0.717, 1.165) is 10.6 Å². The van der Waals surface area contributed by atoms with Gasteiger partial charge in [-0.1, -0.05) is 0 Å². The maximum atomic E-state index is 12.4. The first kappa shape index (κ1) is 20.8. The molecule has 1 N–H and O–H groups in total. The van der Waals surface area contributed by atoms with E-state index in [1.54, 1.807) is 36.3 Å². The zero-order valence-corrected chi connectivity index (χ0v) is 17.0. The number of nitrogens with one attached hydrogen (secondary N) is 1. The monoisotopic (exact) mass is 386 g/mol. The molecule has 0 radical (unpaired) electrons. The van der Waals surface area contributed by atoms with Gasteiger partial charge in [0.15, 0.2) is 0 Å². The van der Waals surface area contributed by atoms with E-state index in [1.807, 2.05) is 45.0 Å². The summed E-state index contributed by atoms with van der Waals surface area (Å²) in [5.41, 5.74) is 1.30. The number of thioether (sulfide) groups is 1. The molecule has 0 spiro atoms. The summed E-state index contributed by atoms with van der Waals surface area (Å²) in [6.45, 7) is 7.13. The van der Waals surface area contributed by atoms with Crippen LogP contribution >= 0.6 is 11.8 Å². The van der Waals surface area contributed by atoms with Crippen molar-refractivity contribution in [2.75, 3.05) is 25.5 Å².